The van der Waals surface area contributed by atoms with E-state index in [-0.39, 0.29) is 6.61 Å². The number of carbonyl (C=O) groups excluding carboxylic acids is 1. The van der Waals surface area contributed by atoms with E-state index in [9.17, 15) is 4.79 Å². The largest absolute Gasteiger partial charge is 0.493 e. The van der Waals surface area contributed by atoms with E-state index in [4.69, 9.17) is 15.2 Å². The van der Waals surface area contributed by atoms with Crippen LogP contribution in [0, 0.1) is 0 Å². The van der Waals surface area contributed by atoms with Gasteiger partial charge in [-0.1, -0.05) is 30.3 Å². The monoisotopic (exact) mass is 315 g/mol. The van der Waals surface area contributed by atoms with E-state index in [1.165, 1.54) is 5.56 Å². The molecule has 0 aliphatic rings. The summed E-state index contributed by atoms with van der Waals surface area (Å²) in [4.78, 5) is 10.8. The number of hydrogen-bond acceptors (Lipinski definition) is 3. The zero-order valence-electron chi connectivity index (χ0n) is 13.5. The Morgan fingerprint density at radius 1 is 1.17 bits per heavy atom. The quantitative estimate of drug-likeness (QED) is 0.772. The first kappa shape index (κ1) is 16.8. The first-order valence-corrected chi connectivity index (χ1v) is 7.56. The van der Waals surface area contributed by atoms with Gasteiger partial charge in [0.05, 0.1) is 7.11 Å². The molecule has 4 N–H and O–H groups in total. The summed E-state index contributed by atoms with van der Waals surface area (Å²) in [6, 6.07) is 16.4. The molecule has 2 rings (SSSR count). The van der Waals surface area contributed by atoms with Crippen LogP contribution in [-0.2, 0) is 11.3 Å². The van der Waals surface area contributed by atoms with Crippen molar-refractivity contribution in [3.05, 3.63) is 59.7 Å². The molecule has 2 aromatic rings. The SMILES string of the molecule is COc1cc(C[NH2+][C@@H](C)c2ccccc2)ccc1OCC(N)=O. The van der Waals surface area contributed by atoms with E-state index in [1.807, 2.05) is 30.3 Å². The zero-order chi connectivity index (χ0) is 16.7. The van der Waals surface area contributed by atoms with E-state index in [0.717, 1.165) is 12.1 Å². The molecule has 0 unspecified atom stereocenters. The van der Waals surface area contributed by atoms with Crippen molar-refractivity contribution in [1.29, 1.82) is 0 Å². The predicted molar refractivity (Wildman–Crippen MR) is 88.2 cm³/mol. The summed E-state index contributed by atoms with van der Waals surface area (Å²) in [6.45, 7) is 2.84. The lowest BCUT2D eigenvalue weighted by atomic mass is 10.1. The molecule has 0 aliphatic carbocycles. The van der Waals surface area contributed by atoms with Crippen molar-refractivity contribution in [3.63, 3.8) is 0 Å². The van der Waals surface area contributed by atoms with Gasteiger partial charge in [0.1, 0.15) is 12.6 Å². The molecule has 0 spiro atoms. The number of ether oxygens (including phenoxy) is 2. The predicted octanol–water partition coefficient (Wildman–Crippen LogP) is 1.38. The Morgan fingerprint density at radius 3 is 2.57 bits per heavy atom. The molecular weight excluding hydrogens is 292 g/mol. The normalized spacial score (nSPS) is 11.7. The molecular formula is C18H23N2O3+. The topological polar surface area (TPSA) is 78.2 Å². The highest BCUT2D eigenvalue weighted by Crippen LogP contribution is 2.27. The number of nitrogens with two attached hydrogens (primary N) is 2. The molecule has 0 saturated carbocycles. The number of benzene rings is 2. The maximum atomic E-state index is 10.8. The average Bonchev–Trinajstić information content (AvgIpc) is 2.58. The van der Waals surface area contributed by atoms with E-state index in [0.29, 0.717) is 17.5 Å². The standard InChI is InChI=1S/C18H22N2O3/c1-13(15-6-4-3-5-7-15)20-11-14-8-9-16(17(10-14)22-2)23-12-18(19)21/h3-10,13,20H,11-12H2,1-2H3,(H2,19,21)/p+1/t13-/m0/s1. The molecule has 0 saturated heterocycles. The molecule has 23 heavy (non-hydrogen) atoms. The van der Waals surface area contributed by atoms with Gasteiger partial charge in [-0.05, 0) is 25.1 Å². The van der Waals surface area contributed by atoms with Crippen molar-refractivity contribution in [1.82, 2.24) is 0 Å². The van der Waals surface area contributed by atoms with Crippen molar-refractivity contribution in [2.24, 2.45) is 5.73 Å². The molecule has 0 aliphatic heterocycles. The summed E-state index contributed by atoms with van der Waals surface area (Å²) in [7, 11) is 1.58. The van der Waals surface area contributed by atoms with Crippen LogP contribution in [0.3, 0.4) is 0 Å². The number of hydrogen-bond donors (Lipinski definition) is 2. The van der Waals surface area contributed by atoms with Gasteiger partial charge in [0.15, 0.2) is 18.1 Å². The molecule has 2 aromatic carbocycles. The third-order valence-corrected chi connectivity index (χ3v) is 3.63. The van der Waals surface area contributed by atoms with Gasteiger partial charge in [0, 0.05) is 11.1 Å². The van der Waals surface area contributed by atoms with Crippen molar-refractivity contribution in [2.75, 3.05) is 13.7 Å². The summed E-state index contributed by atoms with van der Waals surface area (Å²) in [5.41, 5.74) is 7.50. The third-order valence-electron chi connectivity index (χ3n) is 3.63. The van der Waals surface area contributed by atoms with Crippen molar-refractivity contribution < 1.29 is 19.6 Å². The molecule has 0 radical (unpaired) electrons. The Kier molecular flexibility index (Phi) is 6.00. The second kappa shape index (κ2) is 8.19. The van der Waals surface area contributed by atoms with E-state index >= 15 is 0 Å². The van der Waals surface area contributed by atoms with Crippen molar-refractivity contribution in [3.8, 4) is 11.5 Å². The van der Waals surface area contributed by atoms with Gasteiger partial charge in [-0.2, -0.15) is 0 Å². The van der Waals surface area contributed by atoms with Crippen molar-refractivity contribution >= 4 is 5.91 Å². The van der Waals surface area contributed by atoms with Gasteiger partial charge in [0.2, 0.25) is 0 Å². The fraction of sp³-hybridized carbons (Fsp3) is 0.278. The number of quaternary nitrogens is 1. The molecule has 1 amide bonds. The molecule has 1 atom stereocenters. The average molecular weight is 315 g/mol. The minimum Gasteiger partial charge on any atom is -0.493 e. The third kappa shape index (κ3) is 5.00. The molecule has 0 bridgehead atoms. The van der Waals surface area contributed by atoms with Crippen LogP contribution in [0.15, 0.2) is 48.5 Å². The smallest absolute Gasteiger partial charge is 0.255 e. The fourth-order valence-electron chi connectivity index (χ4n) is 2.31. The minimum absolute atomic E-state index is 0.160. The van der Waals surface area contributed by atoms with Crippen LogP contribution in [0.4, 0.5) is 0 Å². The Balaban J connectivity index is 1.99. The molecule has 0 aromatic heterocycles. The molecule has 122 valence electrons. The second-order valence-corrected chi connectivity index (χ2v) is 5.38. The van der Waals surface area contributed by atoms with Gasteiger partial charge < -0.3 is 20.5 Å². The number of carbonyl (C=O) groups is 1. The van der Waals surface area contributed by atoms with Gasteiger partial charge in [-0.25, -0.2) is 0 Å². The molecule has 5 heteroatoms. The number of rotatable bonds is 8. The highest BCUT2D eigenvalue weighted by Gasteiger charge is 2.11. The summed E-state index contributed by atoms with van der Waals surface area (Å²) in [6.07, 6.45) is 0. The van der Waals surface area contributed by atoms with Crippen molar-refractivity contribution in [2.45, 2.75) is 19.5 Å². The van der Waals surface area contributed by atoms with Crippen LogP contribution in [0.2, 0.25) is 0 Å². The Morgan fingerprint density at radius 2 is 1.91 bits per heavy atom. The van der Waals surface area contributed by atoms with Gasteiger partial charge in [-0.3, -0.25) is 4.79 Å². The number of methoxy groups -OCH3 is 1. The Bertz CT molecular complexity index is 644. The maximum absolute atomic E-state index is 10.8. The van der Waals surface area contributed by atoms with Crippen LogP contribution >= 0.6 is 0 Å². The maximum Gasteiger partial charge on any atom is 0.255 e. The second-order valence-electron chi connectivity index (χ2n) is 5.38. The number of primary amides is 1. The summed E-state index contributed by atoms with van der Waals surface area (Å²) >= 11 is 0. The van der Waals surface area contributed by atoms with Crippen LogP contribution in [0.1, 0.15) is 24.1 Å². The highest BCUT2D eigenvalue weighted by molar-refractivity contribution is 5.75. The first-order valence-electron chi connectivity index (χ1n) is 7.56. The van der Waals surface area contributed by atoms with Gasteiger partial charge in [0.25, 0.3) is 5.91 Å². The van der Waals surface area contributed by atoms with E-state index in [2.05, 4.69) is 24.4 Å². The highest BCUT2D eigenvalue weighted by atomic mass is 16.5. The molecule has 5 nitrogen and oxygen atoms in total. The summed E-state index contributed by atoms with van der Waals surface area (Å²) in [5.74, 6) is 0.608. The fourth-order valence-corrected chi connectivity index (χ4v) is 2.31. The van der Waals surface area contributed by atoms with E-state index < -0.39 is 5.91 Å². The molecule has 0 heterocycles. The summed E-state index contributed by atoms with van der Waals surface area (Å²) in [5, 5.41) is 2.26. The minimum atomic E-state index is -0.513. The van der Waals surface area contributed by atoms with Crippen LogP contribution in [0.25, 0.3) is 0 Å². The van der Waals surface area contributed by atoms with Crippen LogP contribution in [-0.4, -0.2) is 19.6 Å². The van der Waals surface area contributed by atoms with Gasteiger partial charge >= 0.3 is 0 Å². The lowest BCUT2D eigenvalue weighted by molar-refractivity contribution is -0.707. The number of amides is 1. The summed E-state index contributed by atoms with van der Waals surface area (Å²) < 4.78 is 10.6. The Hall–Kier alpha value is -2.53. The van der Waals surface area contributed by atoms with Crippen LogP contribution in [0.5, 0.6) is 11.5 Å². The van der Waals surface area contributed by atoms with E-state index in [1.54, 1.807) is 13.2 Å². The molecule has 0 fully saturated rings. The first-order chi connectivity index (χ1) is 11.1. The lowest BCUT2D eigenvalue weighted by Crippen LogP contribution is -2.83. The zero-order valence-corrected chi connectivity index (χ0v) is 13.5. The Labute approximate surface area is 136 Å². The lowest BCUT2D eigenvalue weighted by Gasteiger charge is -2.13. The van der Waals surface area contributed by atoms with Gasteiger partial charge in [-0.15, -0.1) is 0 Å². The van der Waals surface area contributed by atoms with Crippen LogP contribution < -0.4 is 20.5 Å².